The number of nitrogens with zero attached hydrogens (tertiary/aromatic N) is 1. The van der Waals surface area contributed by atoms with Crippen molar-refractivity contribution in [2.24, 2.45) is 11.7 Å². The van der Waals surface area contributed by atoms with Gasteiger partial charge in [0.1, 0.15) is 13.2 Å². The Labute approximate surface area is 127 Å². The predicted octanol–water partition coefficient (Wildman–Crippen LogP) is 2.53. The molecule has 1 fully saturated rings. The standard InChI is InChI=1S/C17H26N2O2/c1-11(2)13-7-16-17(21-5-4-20-16)8-14(13)15-6-12(9-18)10-19(15)3/h7-8,11-12,15H,4-6,9-10,18H2,1-3H3. The molecule has 2 unspecified atom stereocenters. The van der Waals surface area contributed by atoms with E-state index in [1.807, 2.05) is 0 Å². The average Bonchev–Trinajstić information content (AvgIpc) is 2.87. The van der Waals surface area contributed by atoms with Crippen molar-refractivity contribution in [3.05, 3.63) is 23.3 Å². The normalized spacial score (nSPS) is 25.6. The van der Waals surface area contributed by atoms with Gasteiger partial charge in [0.15, 0.2) is 11.5 Å². The summed E-state index contributed by atoms with van der Waals surface area (Å²) < 4.78 is 11.5. The lowest BCUT2D eigenvalue weighted by Gasteiger charge is -2.27. The quantitative estimate of drug-likeness (QED) is 0.929. The summed E-state index contributed by atoms with van der Waals surface area (Å²) in [7, 11) is 2.20. The van der Waals surface area contributed by atoms with Crippen LogP contribution in [0, 0.1) is 5.92 Å². The molecule has 4 nitrogen and oxygen atoms in total. The minimum Gasteiger partial charge on any atom is -0.486 e. The Morgan fingerprint density at radius 2 is 1.90 bits per heavy atom. The molecule has 1 saturated heterocycles. The van der Waals surface area contributed by atoms with Crippen molar-refractivity contribution < 1.29 is 9.47 Å². The average molecular weight is 290 g/mol. The summed E-state index contributed by atoms with van der Waals surface area (Å²) in [6.07, 6.45) is 1.13. The smallest absolute Gasteiger partial charge is 0.161 e. The number of hydrogen-bond donors (Lipinski definition) is 1. The molecular formula is C17H26N2O2. The maximum atomic E-state index is 5.87. The highest BCUT2D eigenvalue weighted by Crippen LogP contribution is 2.43. The van der Waals surface area contributed by atoms with Crippen LogP contribution in [0.5, 0.6) is 11.5 Å². The van der Waals surface area contributed by atoms with Gasteiger partial charge in [-0.2, -0.15) is 0 Å². The van der Waals surface area contributed by atoms with Gasteiger partial charge in [0.05, 0.1) is 0 Å². The molecule has 116 valence electrons. The molecule has 0 radical (unpaired) electrons. The van der Waals surface area contributed by atoms with E-state index in [9.17, 15) is 0 Å². The van der Waals surface area contributed by atoms with Gasteiger partial charge < -0.3 is 15.2 Å². The van der Waals surface area contributed by atoms with Gasteiger partial charge in [-0.05, 0) is 55.1 Å². The van der Waals surface area contributed by atoms with Crippen LogP contribution < -0.4 is 15.2 Å². The van der Waals surface area contributed by atoms with Crippen LogP contribution in [0.4, 0.5) is 0 Å². The van der Waals surface area contributed by atoms with E-state index in [4.69, 9.17) is 15.2 Å². The Kier molecular flexibility index (Phi) is 4.09. The zero-order valence-electron chi connectivity index (χ0n) is 13.3. The van der Waals surface area contributed by atoms with Gasteiger partial charge in [0.25, 0.3) is 0 Å². The van der Waals surface area contributed by atoms with E-state index >= 15 is 0 Å². The zero-order valence-corrected chi connectivity index (χ0v) is 13.3. The molecule has 0 aliphatic carbocycles. The van der Waals surface area contributed by atoms with Gasteiger partial charge in [-0.25, -0.2) is 0 Å². The van der Waals surface area contributed by atoms with Crippen molar-refractivity contribution in [3.8, 4) is 11.5 Å². The van der Waals surface area contributed by atoms with Crippen LogP contribution in [0.15, 0.2) is 12.1 Å². The van der Waals surface area contributed by atoms with Crippen LogP contribution in [0.25, 0.3) is 0 Å². The molecule has 0 amide bonds. The van der Waals surface area contributed by atoms with Crippen molar-refractivity contribution in [1.82, 2.24) is 4.90 Å². The minimum atomic E-state index is 0.437. The topological polar surface area (TPSA) is 47.7 Å². The molecule has 2 N–H and O–H groups in total. The van der Waals surface area contributed by atoms with Crippen LogP contribution in [0.1, 0.15) is 43.4 Å². The Hall–Kier alpha value is -1.26. The van der Waals surface area contributed by atoms with E-state index in [1.165, 1.54) is 11.1 Å². The second kappa shape index (κ2) is 5.85. The molecule has 3 rings (SSSR count). The third-order valence-corrected chi connectivity index (χ3v) is 4.70. The van der Waals surface area contributed by atoms with Crippen LogP contribution in [0.2, 0.25) is 0 Å². The Morgan fingerprint density at radius 1 is 1.24 bits per heavy atom. The highest BCUT2D eigenvalue weighted by atomic mass is 16.6. The zero-order chi connectivity index (χ0) is 15.0. The molecule has 1 aromatic carbocycles. The summed E-state index contributed by atoms with van der Waals surface area (Å²) in [5, 5.41) is 0. The highest BCUT2D eigenvalue weighted by molar-refractivity contribution is 5.50. The monoisotopic (exact) mass is 290 g/mol. The minimum absolute atomic E-state index is 0.437. The van der Waals surface area contributed by atoms with E-state index in [0.717, 1.165) is 31.0 Å². The van der Waals surface area contributed by atoms with E-state index in [0.29, 0.717) is 31.1 Å². The van der Waals surface area contributed by atoms with Gasteiger partial charge in [-0.3, -0.25) is 4.90 Å². The number of benzene rings is 1. The maximum absolute atomic E-state index is 5.87. The molecule has 0 spiro atoms. The first-order valence-electron chi connectivity index (χ1n) is 7.94. The van der Waals surface area contributed by atoms with Crippen LogP contribution in [-0.2, 0) is 0 Å². The number of likely N-dealkylation sites (tertiary alicyclic amines) is 1. The van der Waals surface area contributed by atoms with Gasteiger partial charge >= 0.3 is 0 Å². The largest absolute Gasteiger partial charge is 0.486 e. The second-order valence-corrected chi connectivity index (χ2v) is 6.57. The summed E-state index contributed by atoms with van der Waals surface area (Å²) in [6, 6.07) is 4.81. The summed E-state index contributed by atoms with van der Waals surface area (Å²) in [5.74, 6) is 2.85. The molecule has 0 bridgehead atoms. The molecule has 2 aliphatic rings. The Morgan fingerprint density at radius 3 is 2.48 bits per heavy atom. The number of ether oxygens (including phenoxy) is 2. The fourth-order valence-electron chi connectivity index (χ4n) is 3.55. The summed E-state index contributed by atoms with van der Waals surface area (Å²) in [5.41, 5.74) is 8.63. The second-order valence-electron chi connectivity index (χ2n) is 6.57. The van der Waals surface area contributed by atoms with Gasteiger partial charge in [0, 0.05) is 12.6 Å². The molecule has 0 saturated carbocycles. The predicted molar refractivity (Wildman–Crippen MR) is 84.1 cm³/mol. The maximum Gasteiger partial charge on any atom is 0.161 e. The fourth-order valence-corrected chi connectivity index (χ4v) is 3.55. The molecule has 2 atom stereocenters. The SMILES string of the molecule is CC(C)c1cc2c(cc1C1CC(CN)CN1C)OCCO2. The summed E-state index contributed by atoms with van der Waals surface area (Å²) >= 11 is 0. The first kappa shape index (κ1) is 14.7. The van der Waals surface area contributed by atoms with Crippen LogP contribution in [0.3, 0.4) is 0 Å². The van der Waals surface area contributed by atoms with Gasteiger partial charge in [0.2, 0.25) is 0 Å². The van der Waals surface area contributed by atoms with Crippen molar-refractivity contribution in [2.75, 3.05) is 33.4 Å². The fraction of sp³-hybridized carbons (Fsp3) is 0.647. The first-order chi connectivity index (χ1) is 10.1. The van der Waals surface area contributed by atoms with Gasteiger partial charge in [-0.1, -0.05) is 13.8 Å². The lowest BCUT2D eigenvalue weighted by molar-refractivity contribution is 0.170. The Bertz CT molecular complexity index is 516. The van der Waals surface area contributed by atoms with E-state index in [1.54, 1.807) is 0 Å². The molecule has 2 heterocycles. The molecule has 1 aromatic rings. The van der Waals surface area contributed by atoms with E-state index in [-0.39, 0.29) is 0 Å². The molecule has 0 aromatic heterocycles. The number of nitrogens with two attached hydrogens (primary N) is 1. The molecule has 2 aliphatic heterocycles. The summed E-state index contributed by atoms with van der Waals surface area (Å²) in [6.45, 7) is 7.60. The number of rotatable bonds is 3. The van der Waals surface area contributed by atoms with Crippen LogP contribution in [-0.4, -0.2) is 38.3 Å². The van der Waals surface area contributed by atoms with Crippen molar-refractivity contribution in [3.63, 3.8) is 0 Å². The lowest BCUT2D eigenvalue weighted by Crippen LogP contribution is -2.22. The molecular weight excluding hydrogens is 264 g/mol. The molecule has 4 heteroatoms. The molecule has 21 heavy (non-hydrogen) atoms. The highest BCUT2D eigenvalue weighted by Gasteiger charge is 2.32. The third kappa shape index (κ3) is 2.74. The summed E-state index contributed by atoms with van der Waals surface area (Å²) in [4.78, 5) is 2.43. The van der Waals surface area contributed by atoms with E-state index in [2.05, 4.69) is 37.9 Å². The Balaban J connectivity index is 2.00. The van der Waals surface area contributed by atoms with Crippen molar-refractivity contribution in [2.45, 2.75) is 32.2 Å². The van der Waals surface area contributed by atoms with Crippen molar-refractivity contribution >= 4 is 0 Å². The van der Waals surface area contributed by atoms with Gasteiger partial charge in [-0.15, -0.1) is 0 Å². The first-order valence-corrected chi connectivity index (χ1v) is 7.94. The third-order valence-electron chi connectivity index (χ3n) is 4.70. The number of fused-ring (bicyclic) bond motifs is 1. The van der Waals surface area contributed by atoms with Crippen LogP contribution >= 0.6 is 0 Å². The lowest BCUT2D eigenvalue weighted by atomic mass is 9.89. The van der Waals surface area contributed by atoms with Crippen molar-refractivity contribution in [1.29, 1.82) is 0 Å². The van der Waals surface area contributed by atoms with E-state index < -0.39 is 0 Å². The number of hydrogen-bond acceptors (Lipinski definition) is 4.